The van der Waals surface area contributed by atoms with Crippen LogP contribution in [0.5, 0.6) is 0 Å². The van der Waals surface area contributed by atoms with E-state index in [0.29, 0.717) is 5.69 Å². The fraction of sp³-hybridized carbons (Fsp3) is 0.455. The molecule has 1 saturated heterocycles. The van der Waals surface area contributed by atoms with Crippen LogP contribution in [0.15, 0.2) is 6.07 Å². The molecule has 0 radical (unpaired) electrons. The average molecular weight is 250 g/mol. The monoisotopic (exact) mass is 250 g/mol. The number of nitrogens with zero attached hydrogens (tertiary/aromatic N) is 3. The van der Waals surface area contributed by atoms with Gasteiger partial charge in [0.05, 0.1) is 5.69 Å². The largest absolute Gasteiger partial charge is 0.319 e. The quantitative estimate of drug-likeness (QED) is 0.688. The van der Waals surface area contributed by atoms with Crippen LogP contribution in [0.4, 0.5) is 0 Å². The van der Waals surface area contributed by atoms with E-state index >= 15 is 0 Å². The maximum Gasteiger partial charge on any atom is 0.273 e. The zero-order chi connectivity index (χ0) is 13.3. The number of aryl methyl sites for hydroxylation is 2. The number of piperazine rings is 1. The van der Waals surface area contributed by atoms with Gasteiger partial charge in [-0.3, -0.25) is 24.4 Å². The van der Waals surface area contributed by atoms with E-state index in [-0.39, 0.29) is 19.0 Å². The van der Waals surface area contributed by atoms with Crippen molar-refractivity contribution in [3.63, 3.8) is 0 Å². The average Bonchev–Trinajstić information content (AvgIpc) is 2.68. The van der Waals surface area contributed by atoms with E-state index in [9.17, 15) is 14.4 Å². The molecule has 0 atom stereocenters. The molecule has 0 aromatic carbocycles. The van der Waals surface area contributed by atoms with Gasteiger partial charge >= 0.3 is 0 Å². The van der Waals surface area contributed by atoms with Crippen LogP contribution in [0, 0.1) is 0 Å². The number of carbonyl (C=O) groups excluding carboxylic acids is 3. The van der Waals surface area contributed by atoms with Crippen LogP contribution in [0.2, 0.25) is 0 Å². The topological polar surface area (TPSA) is 84.3 Å². The molecule has 96 valence electrons. The van der Waals surface area contributed by atoms with Crippen LogP contribution in [-0.4, -0.2) is 45.5 Å². The number of hydrogen-bond donors (Lipinski definition) is 1. The van der Waals surface area contributed by atoms with Gasteiger partial charge in [0, 0.05) is 7.05 Å². The third-order valence-corrected chi connectivity index (χ3v) is 2.75. The third kappa shape index (κ3) is 2.24. The lowest BCUT2D eigenvalue weighted by Gasteiger charge is -2.25. The van der Waals surface area contributed by atoms with Gasteiger partial charge in [0.15, 0.2) is 0 Å². The molecule has 2 rings (SSSR count). The van der Waals surface area contributed by atoms with Crippen LogP contribution < -0.4 is 5.32 Å². The Kier molecular flexibility index (Phi) is 3.14. The number of hydrogen-bond acceptors (Lipinski definition) is 4. The number of amides is 3. The first kappa shape index (κ1) is 12.3. The smallest absolute Gasteiger partial charge is 0.273 e. The molecule has 1 aromatic rings. The molecule has 0 spiro atoms. The van der Waals surface area contributed by atoms with Crippen LogP contribution in [0.1, 0.15) is 23.1 Å². The van der Waals surface area contributed by atoms with Crippen LogP contribution in [0.25, 0.3) is 0 Å². The Morgan fingerprint density at radius 1 is 1.39 bits per heavy atom. The van der Waals surface area contributed by atoms with Crippen molar-refractivity contribution in [3.8, 4) is 0 Å². The van der Waals surface area contributed by atoms with E-state index < -0.39 is 11.8 Å². The van der Waals surface area contributed by atoms with Crippen LogP contribution in [0.3, 0.4) is 0 Å². The Balaban J connectivity index is 2.22. The first-order valence-corrected chi connectivity index (χ1v) is 5.66. The summed E-state index contributed by atoms with van der Waals surface area (Å²) < 4.78 is 1.47. The normalized spacial score (nSPS) is 15.8. The highest BCUT2D eigenvalue weighted by Gasteiger charge is 2.28. The summed E-state index contributed by atoms with van der Waals surface area (Å²) in [6.07, 6.45) is 0.723. The Hall–Kier alpha value is -2.18. The lowest BCUT2D eigenvalue weighted by molar-refractivity contribution is -0.135. The van der Waals surface area contributed by atoms with Gasteiger partial charge in [0.2, 0.25) is 11.8 Å². The molecule has 1 aliphatic rings. The van der Waals surface area contributed by atoms with E-state index in [1.165, 1.54) is 9.58 Å². The maximum atomic E-state index is 12.2. The number of carbonyl (C=O) groups is 3. The molecule has 0 bridgehead atoms. The number of rotatable bonds is 2. The standard InChI is InChI=1S/C11H14N4O3/c1-3-7-4-8(14(2)13-7)11(18)15-5-9(16)12-10(17)6-15/h4H,3,5-6H2,1-2H3,(H,12,16,17). The predicted octanol–water partition coefficient (Wildman–Crippen LogP) is -0.919. The fourth-order valence-electron chi connectivity index (χ4n) is 1.84. The first-order valence-electron chi connectivity index (χ1n) is 5.66. The van der Waals surface area contributed by atoms with Gasteiger partial charge < -0.3 is 4.90 Å². The molecule has 7 nitrogen and oxygen atoms in total. The summed E-state index contributed by atoms with van der Waals surface area (Å²) in [7, 11) is 1.66. The molecule has 7 heteroatoms. The van der Waals surface area contributed by atoms with Crippen molar-refractivity contribution in [2.24, 2.45) is 7.05 Å². The first-order chi connectivity index (χ1) is 8.51. The summed E-state index contributed by atoms with van der Waals surface area (Å²) in [5.74, 6) is -1.28. The molecular weight excluding hydrogens is 236 g/mol. The lowest BCUT2D eigenvalue weighted by atomic mass is 10.2. The Morgan fingerprint density at radius 2 is 2.00 bits per heavy atom. The van der Waals surface area contributed by atoms with Crippen molar-refractivity contribution in [2.45, 2.75) is 13.3 Å². The van der Waals surface area contributed by atoms with E-state index in [4.69, 9.17) is 0 Å². The fourth-order valence-corrected chi connectivity index (χ4v) is 1.84. The summed E-state index contributed by atoms with van der Waals surface area (Å²) in [4.78, 5) is 35.8. The molecule has 1 N–H and O–H groups in total. The molecule has 3 amide bonds. The van der Waals surface area contributed by atoms with Gasteiger partial charge in [-0.15, -0.1) is 0 Å². The minimum atomic E-state index is -0.461. The van der Waals surface area contributed by atoms with E-state index in [1.54, 1.807) is 13.1 Å². The van der Waals surface area contributed by atoms with Crippen molar-refractivity contribution >= 4 is 17.7 Å². The molecule has 0 aliphatic carbocycles. The van der Waals surface area contributed by atoms with Gasteiger partial charge in [-0.25, -0.2) is 0 Å². The zero-order valence-corrected chi connectivity index (χ0v) is 10.3. The Labute approximate surface area is 104 Å². The summed E-state index contributed by atoms with van der Waals surface area (Å²) in [6, 6.07) is 1.68. The second-order valence-electron chi connectivity index (χ2n) is 4.13. The predicted molar refractivity (Wildman–Crippen MR) is 61.6 cm³/mol. The molecule has 0 unspecified atom stereocenters. The van der Waals surface area contributed by atoms with Gasteiger partial charge in [-0.2, -0.15) is 5.10 Å². The molecule has 18 heavy (non-hydrogen) atoms. The number of aromatic nitrogens is 2. The highest BCUT2D eigenvalue weighted by atomic mass is 16.2. The molecular formula is C11H14N4O3. The van der Waals surface area contributed by atoms with Crippen molar-refractivity contribution in [2.75, 3.05) is 13.1 Å². The lowest BCUT2D eigenvalue weighted by Crippen LogP contribution is -2.53. The minimum absolute atomic E-state index is 0.1000. The van der Waals surface area contributed by atoms with Gasteiger partial charge in [-0.1, -0.05) is 6.92 Å². The number of imide groups is 1. The summed E-state index contributed by atoms with van der Waals surface area (Å²) in [5, 5.41) is 6.32. The number of nitrogens with one attached hydrogen (secondary N) is 1. The Morgan fingerprint density at radius 3 is 2.50 bits per heavy atom. The van der Waals surface area contributed by atoms with Crippen molar-refractivity contribution in [1.29, 1.82) is 0 Å². The molecule has 1 aromatic heterocycles. The van der Waals surface area contributed by atoms with E-state index in [1.807, 2.05) is 6.92 Å². The highest BCUT2D eigenvalue weighted by Crippen LogP contribution is 2.09. The molecule has 0 saturated carbocycles. The summed E-state index contributed by atoms with van der Waals surface area (Å²) in [5.41, 5.74) is 1.18. The second kappa shape index (κ2) is 4.59. The Bertz CT molecular complexity index is 504. The molecule has 1 aliphatic heterocycles. The summed E-state index contributed by atoms with van der Waals surface area (Å²) in [6.45, 7) is 1.74. The van der Waals surface area contributed by atoms with E-state index in [0.717, 1.165) is 12.1 Å². The zero-order valence-electron chi connectivity index (χ0n) is 10.3. The highest BCUT2D eigenvalue weighted by molar-refractivity contribution is 6.05. The van der Waals surface area contributed by atoms with Crippen molar-refractivity contribution in [1.82, 2.24) is 20.0 Å². The summed E-state index contributed by atoms with van der Waals surface area (Å²) >= 11 is 0. The minimum Gasteiger partial charge on any atom is -0.319 e. The van der Waals surface area contributed by atoms with Crippen molar-refractivity contribution in [3.05, 3.63) is 17.5 Å². The SMILES string of the molecule is CCc1cc(C(=O)N2CC(=O)NC(=O)C2)n(C)n1. The van der Waals surface area contributed by atoms with Crippen LogP contribution >= 0.6 is 0 Å². The van der Waals surface area contributed by atoms with Crippen LogP contribution in [-0.2, 0) is 23.1 Å². The van der Waals surface area contributed by atoms with Gasteiger partial charge in [0.25, 0.3) is 5.91 Å². The third-order valence-electron chi connectivity index (χ3n) is 2.75. The van der Waals surface area contributed by atoms with Crippen molar-refractivity contribution < 1.29 is 14.4 Å². The maximum absolute atomic E-state index is 12.2. The second-order valence-corrected chi connectivity index (χ2v) is 4.13. The molecule has 1 fully saturated rings. The van der Waals surface area contributed by atoms with E-state index in [2.05, 4.69) is 10.4 Å². The molecule has 2 heterocycles. The van der Waals surface area contributed by atoms with Gasteiger partial charge in [0.1, 0.15) is 18.8 Å². The van der Waals surface area contributed by atoms with Gasteiger partial charge in [-0.05, 0) is 12.5 Å².